The molecule has 0 spiro atoms. The number of rotatable bonds is 6. The van der Waals surface area contributed by atoms with Crippen LogP contribution in [0.2, 0.25) is 0 Å². The Kier molecular flexibility index (Phi) is 5.46. The average molecular weight is 238 g/mol. The lowest BCUT2D eigenvalue weighted by molar-refractivity contribution is -0.119. The van der Waals surface area contributed by atoms with Gasteiger partial charge in [0.1, 0.15) is 5.82 Å². The first-order valence-electron chi connectivity index (χ1n) is 5.84. The maximum atomic E-state index is 12.6. The fourth-order valence-electron chi connectivity index (χ4n) is 1.31. The van der Waals surface area contributed by atoms with Crippen LogP contribution in [0.3, 0.4) is 0 Å². The van der Waals surface area contributed by atoms with E-state index < -0.39 is 0 Å². The van der Waals surface area contributed by atoms with E-state index in [1.54, 1.807) is 12.1 Å². The van der Waals surface area contributed by atoms with Gasteiger partial charge in [0, 0.05) is 12.2 Å². The van der Waals surface area contributed by atoms with Crippen LogP contribution in [0.4, 0.5) is 10.1 Å². The maximum Gasteiger partial charge on any atom is 0.239 e. The van der Waals surface area contributed by atoms with Crippen LogP contribution in [0.5, 0.6) is 0 Å². The van der Waals surface area contributed by atoms with Crippen molar-refractivity contribution in [1.82, 2.24) is 5.32 Å². The highest BCUT2D eigenvalue weighted by atomic mass is 19.1. The van der Waals surface area contributed by atoms with Crippen LogP contribution in [0.15, 0.2) is 24.3 Å². The zero-order valence-corrected chi connectivity index (χ0v) is 10.3. The highest BCUT2D eigenvalue weighted by molar-refractivity contribution is 5.80. The molecule has 0 aromatic heterocycles. The molecule has 0 heterocycles. The molecular weight excluding hydrogens is 219 g/mol. The van der Waals surface area contributed by atoms with E-state index in [-0.39, 0.29) is 18.3 Å². The standard InChI is InChI=1S/C13H19FN2O/c1-10(2)7-8-15-13(17)9-16-12-5-3-11(14)4-6-12/h3-6,10,16H,7-9H2,1-2H3,(H,15,17). The monoisotopic (exact) mass is 238 g/mol. The third-order valence-corrected chi connectivity index (χ3v) is 2.34. The van der Waals surface area contributed by atoms with Crippen molar-refractivity contribution in [3.63, 3.8) is 0 Å². The number of hydrogen-bond acceptors (Lipinski definition) is 2. The van der Waals surface area contributed by atoms with Crippen LogP contribution in [0.25, 0.3) is 0 Å². The summed E-state index contributed by atoms with van der Waals surface area (Å²) < 4.78 is 12.6. The van der Waals surface area contributed by atoms with E-state index in [0.717, 1.165) is 12.1 Å². The first-order valence-corrected chi connectivity index (χ1v) is 5.84. The molecule has 1 amide bonds. The summed E-state index contributed by atoms with van der Waals surface area (Å²) >= 11 is 0. The molecule has 0 saturated heterocycles. The molecule has 2 N–H and O–H groups in total. The minimum Gasteiger partial charge on any atom is -0.376 e. The van der Waals surface area contributed by atoms with Crippen LogP contribution in [0, 0.1) is 11.7 Å². The van der Waals surface area contributed by atoms with Gasteiger partial charge in [-0.05, 0) is 36.6 Å². The SMILES string of the molecule is CC(C)CCNC(=O)CNc1ccc(F)cc1. The second kappa shape index (κ2) is 6.89. The van der Waals surface area contributed by atoms with Gasteiger partial charge in [0.15, 0.2) is 0 Å². The summed E-state index contributed by atoms with van der Waals surface area (Å²) in [4.78, 5) is 11.4. The summed E-state index contributed by atoms with van der Waals surface area (Å²) in [5.41, 5.74) is 0.741. The fraction of sp³-hybridized carbons (Fsp3) is 0.462. The molecule has 1 aromatic rings. The van der Waals surface area contributed by atoms with E-state index in [0.29, 0.717) is 12.5 Å². The second-order valence-electron chi connectivity index (χ2n) is 4.39. The van der Waals surface area contributed by atoms with Gasteiger partial charge in [-0.25, -0.2) is 4.39 Å². The van der Waals surface area contributed by atoms with Gasteiger partial charge < -0.3 is 10.6 Å². The molecular formula is C13H19FN2O. The topological polar surface area (TPSA) is 41.1 Å². The van der Waals surface area contributed by atoms with E-state index >= 15 is 0 Å². The molecule has 4 heteroatoms. The van der Waals surface area contributed by atoms with E-state index in [9.17, 15) is 9.18 Å². The average Bonchev–Trinajstić information content (AvgIpc) is 2.28. The normalized spacial score (nSPS) is 10.4. The largest absolute Gasteiger partial charge is 0.376 e. The first kappa shape index (κ1) is 13.5. The molecule has 17 heavy (non-hydrogen) atoms. The van der Waals surface area contributed by atoms with Crippen molar-refractivity contribution in [2.24, 2.45) is 5.92 Å². The third kappa shape index (κ3) is 5.90. The van der Waals surface area contributed by atoms with Crippen molar-refractivity contribution >= 4 is 11.6 Å². The van der Waals surface area contributed by atoms with Gasteiger partial charge in [0.25, 0.3) is 0 Å². The fourth-order valence-corrected chi connectivity index (χ4v) is 1.31. The van der Waals surface area contributed by atoms with Crippen molar-refractivity contribution < 1.29 is 9.18 Å². The Morgan fingerprint density at radius 3 is 2.53 bits per heavy atom. The van der Waals surface area contributed by atoms with Gasteiger partial charge >= 0.3 is 0 Å². The van der Waals surface area contributed by atoms with Crippen molar-refractivity contribution in [2.45, 2.75) is 20.3 Å². The van der Waals surface area contributed by atoms with Gasteiger partial charge in [-0.2, -0.15) is 0 Å². The van der Waals surface area contributed by atoms with Crippen LogP contribution >= 0.6 is 0 Å². The molecule has 0 radical (unpaired) electrons. The number of amides is 1. The third-order valence-electron chi connectivity index (χ3n) is 2.34. The lowest BCUT2D eigenvalue weighted by Gasteiger charge is -2.08. The number of halogens is 1. The van der Waals surface area contributed by atoms with E-state index in [1.165, 1.54) is 12.1 Å². The quantitative estimate of drug-likeness (QED) is 0.799. The molecule has 3 nitrogen and oxygen atoms in total. The smallest absolute Gasteiger partial charge is 0.239 e. The lowest BCUT2D eigenvalue weighted by atomic mass is 10.1. The molecule has 0 bridgehead atoms. The Bertz CT molecular complexity index is 349. The Balaban J connectivity index is 2.21. The number of carbonyl (C=O) groups is 1. The minimum absolute atomic E-state index is 0.0463. The predicted molar refractivity (Wildman–Crippen MR) is 67.4 cm³/mol. The zero-order chi connectivity index (χ0) is 12.7. The Morgan fingerprint density at radius 2 is 1.94 bits per heavy atom. The maximum absolute atomic E-state index is 12.6. The van der Waals surface area contributed by atoms with E-state index in [4.69, 9.17) is 0 Å². The number of carbonyl (C=O) groups excluding carboxylic acids is 1. The lowest BCUT2D eigenvalue weighted by Crippen LogP contribution is -2.31. The molecule has 0 saturated carbocycles. The van der Waals surface area contributed by atoms with Crippen LogP contribution < -0.4 is 10.6 Å². The second-order valence-corrected chi connectivity index (χ2v) is 4.39. The summed E-state index contributed by atoms with van der Waals surface area (Å²) in [5, 5.41) is 5.75. The summed E-state index contributed by atoms with van der Waals surface area (Å²) in [6.45, 7) is 5.14. The predicted octanol–water partition coefficient (Wildman–Crippen LogP) is 2.40. The molecule has 1 rings (SSSR count). The van der Waals surface area contributed by atoms with Crippen LogP contribution in [0.1, 0.15) is 20.3 Å². The summed E-state index contributed by atoms with van der Waals surface area (Å²) in [6, 6.07) is 5.94. The van der Waals surface area contributed by atoms with E-state index in [1.807, 2.05) is 0 Å². The molecule has 1 aromatic carbocycles. The molecule has 0 aliphatic carbocycles. The zero-order valence-electron chi connectivity index (χ0n) is 10.3. The molecule has 0 aliphatic rings. The minimum atomic E-state index is -0.281. The molecule has 0 atom stereocenters. The van der Waals surface area contributed by atoms with Gasteiger partial charge in [0.2, 0.25) is 5.91 Å². The van der Waals surface area contributed by atoms with Gasteiger partial charge in [0.05, 0.1) is 6.54 Å². The van der Waals surface area contributed by atoms with Crippen molar-refractivity contribution in [3.8, 4) is 0 Å². The Hall–Kier alpha value is -1.58. The molecule has 0 unspecified atom stereocenters. The number of anilines is 1. The van der Waals surface area contributed by atoms with Crippen LogP contribution in [-0.4, -0.2) is 19.0 Å². The summed E-state index contributed by atoms with van der Waals surface area (Å²) in [7, 11) is 0. The van der Waals surface area contributed by atoms with Crippen LogP contribution in [-0.2, 0) is 4.79 Å². The number of benzene rings is 1. The first-order chi connectivity index (χ1) is 8.08. The highest BCUT2D eigenvalue weighted by Gasteiger charge is 2.01. The Labute approximate surface area is 101 Å². The molecule has 94 valence electrons. The molecule has 0 aliphatic heterocycles. The van der Waals surface area contributed by atoms with Crippen molar-refractivity contribution in [1.29, 1.82) is 0 Å². The van der Waals surface area contributed by atoms with Crippen molar-refractivity contribution in [3.05, 3.63) is 30.1 Å². The Morgan fingerprint density at radius 1 is 1.29 bits per heavy atom. The summed E-state index contributed by atoms with van der Waals surface area (Å²) in [5.74, 6) is 0.257. The molecule has 0 fully saturated rings. The van der Waals surface area contributed by atoms with Gasteiger partial charge in [-0.15, -0.1) is 0 Å². The van der Waals surface area contributed by atoms with Gasteiger partial charge in [-0.3, -0.25) is 4.79 Å². The van der Waals surface area contributed by atoms with Gasteiger partial charge in [-0.1, -0.05) is 13.8 Å². The van der Waals surface area contributed by atoms with E-state index in [2.05, 4.69) is 24.5 Å². The highest BCUT2D eigenvalue weighted by Crippen LogP contribution is 2.07. The summed E-state index contributed by atoms with van der Waals surface area (Å²) in [6.07, 6.45) is 0.974. The number of hydrogen-bond donors (Lipinski definition) is 2. The van der Waals surface area contributed by atoms with Crippen molar-refractivity contribution in [2.75, 3.05) is 18.4 Å². The number of nitrogens with one attached hydrogen (secondary N) is 2.